The molecule has 1 rings (SSSR count). The Balaban J connectivity index is 2.65. The van der Waals surface area contributed by atoms with Crippen molar-refractivity contribution in [1.29, 1.82) is 0 Å². The average molecular weight is 278 g/mol. The first-order valence-electron chi connectivity index (χ1n) is 4.21. The molecule has 0 fully saturated rings. The number of carboxylic acids is 1. The van der Waals surface area contributed by atoms with E-state index in [-0.39, 0.29) is 11.8 Å². The molecular formula is C10H10BrClO2. The van der Waals surface area contributed by atoms with Crippen molar-refractivity contribution < 1.29 is 9.90 Å². The maximum Gasteiger partial charge on any atom is 0.303 e. The van der Waals surface area contributed by atoms with Gasteiger partial charge >= 0.3 is 5.97 Å². The lowest BCUT2D eigenvalue weighted by molar-refractivity contribution is -0.137. The number of hydrogen-bond donors (Lipinski definition) is 1. The molecule has 0 spiro atoms. The molecule has 0 radical (unpaired) electrons. The first-order valence-corrected chi connectivity index (χ1v) is 5.44. The third-order valence-corrected chi connectivity index (χ3v) is 3.03. The standard InChI is InChI=1S/C10H10BrClO2/c11-8-4-2-1-3-7(8)9(12)5-6-10(13)14/h1-4,9H,5-6H2,(H,13,14). The van der Waals surface area contributed by atoms with Crippen molar-refractivity contribution in [2.45, 2.75) is 18.2 Å². The third kappa shape index (κ3) is 3.31. The Bertz CT molecular complexity index is 328. The van der Waals surface area contributed by atoms with Crippen molar-refractivity contribution in [3.63, 3.8) is 0 Å². The monoisotopic (exact) mass is 276 g/mol. The Kier molecular flexibility index (Phi) is 4.42. The number of hydrogen-bond acceptors (Lipinski definition) is 1. The van der Waals surface area contributed by atoms with E-state index in [0.717, 1.165) is 10.0 Å². The lowest BCUT2D eigenvalue weighted by atomic mass is 10.1. The molecule has 0 aliphatic carbocycles. The molecule has 1 unspecified atom stereocenters. The number of carboxylic acid groups (broad SMARTS) is 1. The molecule has 2 nitrogen and oxygen atoms in total. The van der Waals surface area contributed by atoms with Crippen molar-refractivity contribution in [3.05, 3.63) is 34.3 Å². The zero-order valence-electron chi connectivity index (χ0n) is 7.41. The fourth-order valence-corrected chi connectivity index (χ4v) is 2.13. The van der Waals surface area contributed by atoms with Gasteiger partial charge < -0.3 is 5.11 Å². The molecule has 0 aromatic heterocycles. The van der Waals surface area contributed by atoms with Crippen LogP contribution >= 0.6 is 27.5 Å². The van der Waals surface area contributed by atoms with Gasteiger partial charge in [-0.05, 0) is 18.1 Å². The summed E-state index contributed by atoms with van der Waals surface area (Å²) in [5, 5.41) is 8.26. The number of aliphatic carboxylic acids is 1. The van der Waals surface area contributed by atoms with E-state index in [1.165, 1.54) is 0 Å². The quantitative estimate of drug-likeness (QED) is 0.854. The molecule has 1 aromatic carbocycles. The normalized spacial score (nSPS) is 12.4. The summed E-state index contributed by atoms with van der Waals surface area (Å²) >= 11 is 9.43. The Hall–Kier alpha value is -0.540. The van der Waals surface area contributed by atoms with Crippen LogP contribution in [-0.4, -0.2) is 11.1 Å². The highest BCUT2D eigenvalue weighted by atomic mass is 79.9. The van der Waals surface area contributed by atoms with Gasteiger partial charge in [0.05, 0.1) is 5.38 Å². The van der Waals surface area contributed by atoms with Crippen LogP contribution in [0.15, 0.2) is 28.7 Å². The van der Waals surface area contributed by atoms with Gasteiger partial charge in [-0.1, -0.05) is 34.1 Å². The van der Waals surface area contributed by atoms with Gasteiger partial charge in [-0.2, -0.15) is 0 Å². The van der Waals surface area contributed by atoms with Crippen LogP contribution in [0.5, 0.6) is 0 Å². The van der Waals surface area contributed by atoms with Gasteiger partial charge in [0.15, 0.2) is 0 Å². The highest BCUT2D eigenvalue weighted by Gasteiger charge is 2.12. The molecule has 0 bridgehead atoms. The predicted molar refractivity (Wildman–Crippen MR) is 59.6 cm³/mol. The molecule has 1 aromatic rings. The summed E-state index contributed by atoms with van der Waals surface area (Å²) in [5.41, 5.74) is 0.940. The summed E-state index contributed by atoms with van der Waals surface area (Å²) in [4.78, 5) is 10.3. The zero-order chi connectivity index (χ0) is 10.6. The minimum atomic E-state index is -0.817. The van der Waals surface area contributed by atoms with Crippen LogP contribution in [0.25, 0.3) is 0 Å². The van der Waals surface area contributed by atoms with Crippen LogP contribution in [0, 0.1) is 0 Å². The molecule has 1 atom stereocenters. The molecule has 0 aliphatic heterocycles. The minimum absolute atomic E-state index is 0.0928. The molecule has 4 heteroatoms. The van der Waals surface area contributed by atoms with Gasteiger partial charge in [-0.15, -0.1) is 11.6 Å². The second-order valence-corrected chi connectivity index (χ2v) is 4.30. The molecule has 14 heavy (non-hydrogen) atoms. The first-order chi connectivity index (χ1) is 6.61. The van der Waals surface area contributed by atoms with E-state index in [1.54, 1.807) is 0 Å². The first kappa shape index (κ1) is 11.5. The summed E-state index contributed by atoms with van der Waals surface area (Å²) in [7, 11) is 0. The van der Waals surface area contributed by atoms with Gasteiger partial charge in [0.2, 0.25) is 0 Å². The zero-order valence-corrected chi connectivity index (χ0v) is 9.75. The number of alkyl halides is 1. The van der Waals surface area contributed by atoms with Crippen molar-refractivity contribution in [2.24, 2.45) is 0 Å². The largest absolute Gasteiger partial charge is 0.481 e. The van der Waals surface area contributed by atoms with Crippen LogP contribution in [-0.2, 0) is 4.79 Å². The molecule has 0 amide bonds. The van der Waals surface area contributed by atoms with Crippen molar-refractivity contribution >= 4 is 33.5 Å². The number of benzene rings is 1. The fourth-order valence-electron chi connectivity index (χ4n) is 1.13. The van der Waals surface area contributed by atoms with Gasteiger partial charge in [0.1, 0.15) is 0 Å². The summed E-state index contributed by atoms with van der Waals surface area (Å²) < 4.78 is 0.922. The topological polar surface area (TPSA) is 37.3 Å². The highest BCUT2D eigenvalue weighted by molar-refractivity contribution is 9.10. The van der Waals surface area contributed by atoms with Crippen LogP contribution in [0.4, 0.5) is 0 Å². The van der Waals surface area contributed by atoms with Crippen LogP contribution in [0.3, 0.4) is 0 Å². The minimum Gasteiger partial charge on any atom is -0.481 e. The van der Waals surface area contributed by atoms with Gasteiger partial charge in [-0.25, -0.2) is 0 Å². The molecular weight excluding hydrogens is 267 g/mol. The SMILES string of the molecule is O=C(O)CCC(Cl)c1ccccc1Br. The smallest absolute Gasteiger partial charge is 0.303 e. The average Bonchev–Trinajstić information content (AvgIpc) is 2.15. The molecule has 0 saturated heterocycles. The van der Waals surface area contributed by atoms with Crippen LogP contribution < -0.4 is 0 Å². The maximum absolute atomic E-state index is 10.3. The third-order valence-electron chi connectivity index (χ3n) is 1.85. The summed E-state index contributed by atoms with van der Waals surface area (Å²) in [5.74, 6) is -0.817. The Morgan fingerprint density at radius 3 is 2.71 bits per heavy atom. The predicted octanol–water partition coefficient (Wildman–Crippen LogP) is 3.59. The maximum atomic E-state index is 10.3. The Morgan fingerprint density at radius 1 is 1.50 bits per heavy atom. The van der Waals surface area contributed by atoms with Crippen molar-refractivity contribution in [1.82, 2.24) is 0 Å². The highest BCUT2D eigenvalue weighted by Crippen LogP contribution is 2.31. The summed E-state index contributed by atoms with van der Waals surface area (Å²) in [6, 6.07) is 7.57. The van der Waals surface area contributed by atoms with Gasteiger partial charge in [0, 0.05) is 10.9 Å². The second kappa shape index (κ2) is 5.37. The molecule has 0 aliphatic rings. The van der Waals surface area contributed by atoms with E-state index >= 15 is 0 Å². The summed E-state index contributed by atoms with van der Waals surface area (Å²) in [6.07, 6.45) is 0.537. The van der Waals surface area contributed by atoms with E-state index in [4.69, 9.17) is 16.7 Å². The fraction of sp³-hybridized carbons (Fsp3) is 0.300. The number of halogens is 2. The lowest BCUT2D eigenvalue weighted by Crippen LogP contribution is -1.98. The van der Waals surface area contributed by atoms with Crippen molar-refractivity contribution in [3.8, 4) is 0 Å². The molecule has 0 saturated carbocycles. The Morgan fingerprint density at radius 2 is 2.14 bits per heavy atom. The van der Waals surface area contributed by atoms with Gasteiger partial charge in [0.25, 0.3) is 0 Å². The Labute approximate surface area is 96.0 Å². The second-order valence-electron chi connectivity index (χ2n) is 2.92. The van der Waals surface area contributed by atoms with E-state index in [0.29, 0.717) is 6.42 Å². The van der Waals surface area contributed by atoms with Crippen LogP contribution in [0.1, 0.15) is 23.8 Å². The number of carbonyl (C=O) groups is 1. The molecule has 1 N–H and O–H groups in total. The molecule has 76 valence electrons. The van der Waals surface area contributed by atoms with E-state index < -0.39 is 5.97 Å². The van der Waals surface area contributed by atoms with E-state index in [9.17, 15) is 4.79 Å². The van der Waals surface area contributed by atoms with E-state index in [2.05, 4.69) is 15.9 Å². The summed E-state index contributed by atoms with van der Waals surface area (Å²) in [6.45, 7) is 0. The van der Waals surface area contributed by atoms with E-state index in [1.807, 2.05) is 24.3 Å². The van der Waals surface area contributed by atoms with Crippen molar-refractivity contribution in [2.75, 3.05) is 0 Å². The lowest BCUT2D eigenvalue weighted by Gasteiger charge is -2.09. The number of rotatable bonds is 4. The van der Waals surface area contributed by atoms with Crippen LogP contribution in [0.2, 0.25) is 0 Å². The molecule has 0 heterocycles. The van der Waals surface area contributed by atoms with Gasteiger partial charge in [-0.3, -0.25) is 4.79 Å².